The minimum Gasteiger partial charge on any atom is -0.382 e. The molecule has 0 aliphatic rings. The van der Waals surface area contributed by atoms with Gasteiger partial charge in [-0.1, -0.05) is 12.1 Å². The summed E-state index contributed by atoms with van der Waals surface area (Å²) in [6.45, 7) is 3.95. The molecule has 0 atom stereocenters. The van der Waals surface area contributed by atoms with Crippen molar-refractivity contribution in [1.29, 1.82) is 0 Å². The maximum atomic E-state index is 11.9. The Morgan fingerprint density at radius 2 is 1.94 bits per heavy atom. The first kappa shape index (κ1) is 12.0. The van der Waals surface area contributed by atoms with Gasteiger partial charge in [0.15, 0.2) is 5.69 Å². The zero-order valence-electron chi connectivity index (χ0n) is 10.3. The van der Waals surface area contributed by atoms with E-state index in [9.17, 15) is 4.79 Å². The number of nitrogens with zero attached hydrogens (tertiary/aromatic N) is 2. The molecule has 1 heterocycles. The predicted octanol–water partition coefficient (Wildman–Crippen LogP) is 1.93. The molecule has 3 N–H and O–H groups in total. The fraction of sp³-hybridized carbons (Fsp3) is 0.154. The van der Waals surface area contributed by atoms with Crippen molar-refractivity contribution in [3.63, 3.8) is 0 Å². The van der Waals surface area contributed by atoms with Crippen molar-refractivity contribution in [1.82, 2.24) is 10.2 Å². The third-order valence-electron chi connectivity index (χ3n) is 2.77. The van der Waals surface area contributed by atoms with Crippen LogP contribution in [0.3, 0.4) is 0 Å². The first-order chi connectivity index (χ1) is 8.58. The number of hydrogen-bond donors (Lipinski definition) is 2. The van der Waals surface area contributed by atoms with Gasteiger partial charge in [-0.3, -0.25) is 4.79 Å². The van der Waals surface area contributed by atoms with Crippen molar-refractivity contribution < 1.29 is 4.79 Å². The largest absolute Gasteiger partial charge is 0.382 e. The topological polar surface area (TPSA) is 80.9 Å². The molecule has 18 heavy (non-hydrogen) atoms. The van der Waals surface area contributed by atoms with E-state index >= 15 is 0 Å². The van der Waals surface area contributed by atoms with Crippen LogP contribution in [0.4, 0.5) is 11.5 Å². The average molecular weight is 242 g/mol. The summed E-state index contributed by atoms with van der Waals surface area (Å²) < 4.78 is 0. The zero-order valence-corrected chi connectivity index (χ0v) is 10.3. The molecule has 2 rings (SSSR count). The van der Waals surface area contributed by atoms with Gasteiger partial charge in [-0.05, 0) is 43.2 Å². The molecule has 5 nitrogen and oxygen atoms in total. The standard InChI is InChI=1S/C13H14N4O/c1-8-4-3-5-10(9(8)2)15-13(18)11-6-7-12(14)17-16-11/h3-7H,1-2H3,(H2,14,17)(H,15,18). The van der Waals surface area contributed by atoms with Gasteiger partial charge in [0, 0.05) is 5.69 Å². The predicted molar refractivity (Wildman–Crippen MR) is 70.3 cm³/mol. The Hall–Kier alpha value is -2.43. The minimum absolute atomic E-state index is 0.241. The molecule has 0 unspecified atom stereocenters. The number of hydrogen-bond acceptors (Lipinski definition) is 4. The van der Waals surface area contributed by atoms with Crippen LogP contribution in [-0.4, -0.2) is 16.1 Å². The van der Waals surface area contributed by atoms with Crippen LogP contribution in [0, 0.1) is 13.8 Å². The van der Waals surface area contributed by atoms with Crippen molar-refractivity contribution in [2.45, 2.75) is 13.8 Å². The highest BCUT2D eigenvalue weighted by atomic mass is 16.1. The molecule has 1 amide bonds. The van der Waals surface area contributed by atoms with Crippen LogP contribution < -0.4 is 11.1 Å². The van der Waals surface area contributed by atoms with Crippen LogP contribution in [0.1, 0.15) is 21.6 Å². The quantitative estimate of drug-likeness (QED) is 0.843. The maximum Gasteiger partial charge on any atom is 0.276 e. The molecule has 92 valence electrons. The van der Waals surface area contributed by atoms with Gasteiger partial charge in [-0.15, -0.1) is 10.2 Å². The molecule has 0 saturated heterocycles. The summed E-state index contributed by atoms with van der Waals surface area (Å²) in [5, 5.41) is 10.2. The van der Waals surface area contributed by atoms with Crippen LogP contribution >= 0.6 is 0 Å². The first-order valence-corrected chi connectivity index (χ1v) is 5.54. The van der Waals surface area contributed by atoms with Crippen LogP contribution in [-0.2, 0) is 0 Å². The zero-order chi connectivity index (χ0) is 13.1. The molecular formula is C13H14N4O. The molecule has 1 aromatic heterocycles. The van der Waals surface area contributed by atoms with Crippen molar-refractivity contribution in [3.05, 3.63) is 47.2 Å². The van der Waals surface area contributed by atoms with E-state index in [1.165, 1.54) is 0 Å². The highest BCUT2D eigenvalue weighted by Crippen LogP contribution is 2.18. The lowest BCUT2D eigenvalue weighted by Gasteiger charge is -2.09. The highest BCUT2D eigenvalue weighted by Gasteiger charge is 2.10. The number of nitrogens with two attached hydrogens (primary N) is 1. The van der Waals surface area contributed by atoms with Crippen LogP contribution in [0.2, 0.25) is 0 Å². The molecule has 0 fully saturated rings. The van der Waals surface area contributed by atoms with Gasteiger partial charge in [0.1, 0.15) is 5.82 Å². The molecule has 5 heteroatoms. The van der Waals surface area contributed by atoms with E-state index in [0.717, 1.165) is 16.8 Å². The summed E-state index contributed by atoms with van der Waals surface area (Å²) in [5.41, 5.74) is 8.59. The van der Waals surface area contributed by atoms with E-state index in [2.05, 4.69) is 15.5 Å². The lowest BCUT2D eigenvalue weighted by molar-refractivity contribution is 0.102. The number of aromatic nitrogens is 2. The van der Waals surface area contributed by atoms with Crippen molar-refractivity contribution >= 4 is 17.4 Å². The molecule has 2 aromatic rings. The van der Waals surface area contributed by atoms with Gasteiger partial charge < -0.3 is 11.1 Å². The van der Waals surface area contributed by atoms with Gasteiger partial charge in [-0.2, -0.15) is 0 Å². The molecule has 1 aromatic carbocycles. The fourth-order valence-corrected chi connectivity index (χ4v) is 1.54. The Morgan fingerprint density at radius 3 is 2.61 bits per heavy atom. The third kappa shape index (κ3) is 2.45. The number of nitrogens with one attached hydrogen (secondary N) is 1. The first-order valence-electron chi connectivity index (χ1n) is 5.54. The van der Waals surface area contributed by atoms with Gasteiger partial charge in [0.05, 0.1) is 0 Å². The van der Waals surface area contributed by atoms with E-state index in [0.29, 0.717) is 5.82 Å². The minimum atomic E-state index is -0.295. The Morgan fingerprint density at radius 1 is 1.17 bits per heavy atom. The van der Waals surface area contributed by atoms with E-state index in [-0.39, 0.29) is 11.6 Å². The van der Waals surface area contributed by atoms with Gasteiger partial charge >= 0.3 is 0 Å². The number of amides is 1. The lowest BCUT2D eigenvalue weighted by atomic mass is 10.1. The second-order valence-corrected chi connectivity index (χ2v) is 4.05. The lowest BCUT2D eigenvalue weighted by Crippen LogP contribution is -2.15. The fourth-order valence-electron chi connectivity index (χ4n) is 1.54. The Labute approximate surface area is 105 Å². The van der Waals surface area contributed by atoms with Gasteiger partial charge in [0.25, 0.3) is 5.91 Å². The molecule has 0 radical (unpaired) electrons. The highest BCUT2D eigenvalue weighted by molar-refractivity contribution is 6.03. The summed E-state index contributed by atoms with van der Waals surface area (Å²) in [7, 11) is 0. The summed E-state index contributed by atoms with van der Waals surface area (Å²) in [4.78, 5) is 11.9. The molecule has 0 spiro atoms. The second-order valence-electron chi connectivity index (χ2n) is 4.05. The van der Waals surface area contributed by atoms with Crippen LogP contribution in [0.25, 0.3) is 0 Å². The SMILES string of the molecule is Cc1cccc(NC(=O)c2ccc(N)nn2)c1C. The van der Waals surface area contributed by atoms with Crippen molar-refractivity contribution in [2.75, 3.05) is 11.1 Å². The third-order valence-corrected chi connectivity index (χ3v) is 2.77. The number of anilines is 2. The molecule has 0 aliphatic carbocycles. The van der Waals surface area contributed by atoms with Crippen molar-refractivity contribution in [3.8, 4) is 0 Å². The summed E-state index contributed by atoms with van der Waals surface area (Å²) in [6, 6.07) is 8.83. The number of carbonyl (C=O) groups is 1. The van der Waals surface area contributed by atoms with E-state index in [1.54, 1.807) is 12.1 Å². The number of aryl methyl sites for hydroxylation is 1. The molecular weight excluding hydrogens is 228 g/mol. The molecule has 0 aliphatic heterocycles. The van der Waals surface area contributed by atoms with E-state index < -0.39 is 0 Å². The van der Waals surface area contributed by atoms with Gasteiger partial charge in [-0.25, -0.2) is 0 Å². The Kier molecular flexibility index (Phi) is 3.23. The van der Waals surface area contributed by atoms with Crippen LogP contribution in [0.5, 0.6) is 0 Å². The number of rotatable bonds is 2. The Balaban J connectivity index is 2.21. The second kappa shape index (κ2) is 4.83. The smallest absolute Gasteiger partial charge is 0.276 e. The van der Waals surface area contributed by atoms with Crippen LogP contribution in [0.15, 0.2) is 30.3 Å². The van der Waals surface area contributed by atoms with Gasteiger partial charge in [0.2, 0.25) is 0 Å². The molecule has 0 bridgehead atoms. The summed E-state index contributed by atoms with van der Waals surface area (Å²) >= 11 is 0. The molecule has 0 saturated carbocycles. The summed E-state index contributed by atoms with van der Waals surface area (Å²) in [5.74, 6) is -0.00511. The summed E-state index contributed by atoms with van der Waals surface area (Å²) in [6.07, 6.45) is 0. The number of nitrogen functional groups attached to an aromatic ring is 1. The Bertz CT molecular complexity index is 578. The average Bonchev–Trinajstić information content (AvgIpc) is 2.36. The normalized spacial score (nSPS) is 10.1. The maximum absolute atomic E-state index is 11.9. The number of carbonyl (C=O) groups excluding carboxylic acids is 1. The van der Waals surface area contributed by atoms with E-state index in [4.69, 9.17) is 5.73 Å². The van der Waals surface area contributed by atoms with Crippen molar-refractivity contribution in [2.24, 2.45) is 0 Å². The van der Waals surface area contributed by atoms with E-state index in [1.807, 2.05) is 32.0 Å². The monoisotopic (exact) mass is 242 g/mol. The number of benzene rings is 1.